The molecule has 2 aliphatic heterocycles. The highest BCUT2D eigenvalue weighted by Crippen LogP contribution is 2.33. The van der Waals surface area contributed by atoms with Crippen molar-refractivity contribution >= 4 is 5.91 Å². The number of nitrogens with zero attached hydrogens (tertiary/aromatic N) is 3. The summed E-state index contributed by atoms with van der Waals surface area (Å²) in [7, 11) is 0. The lowest BCUT2D eigenvalue weighted by Gasteiger charge is -2.43. The number of piperidine rings is 1. The Hall–Kier alpha value is -1.50. The molecule has 0 aliphatic carbocycles. The molecule has 0 bridgehead atoms. The van der Waals surface area contributed by atoms with Gasteiger partial charge in [0.1, 0.15) is 6.61 Å². The fourth-order valence-corrected chi connectivity index (χ4v) is 3.70. The predicted octanol–water partition coefficient (Wildman–Crippen LogP) is 0.515. The molecule has 0 saturated carbocycles. The van der Waals surface area contributed by atoms with Gasteiger partial charge in [-0.25, -0.2) is 0 Å². The number of pyridine rings is 1. The lowest BCUT2D eigenvalue weighted by molar-refractivity contribution is -0.139. The molecule has 2 fully saturated rings. The van der Waals surface area contributed by atoms with Gasteiger partial charge in [0.05, 0.1) is 18.9 Å². The van der Waals surface area contributed by atoms with E-state index in [-0.39, 0.29) is 11.3 Å². The molecular formula is C17H25N3O3. The molecule has 2 aliphatic rings. The summed E-state index contributed by atoms with van der Waals surface area (Å²) in [6.07, 6.45) is 3.84. The van der Waals surface area contributed by atoms with Gasteiger partial charge in [-0.2, -0.15) is 0 Å². The van der Waals surface area contributed by atoms with E-state index in [1.54, 1.807) is 4.90 Å². The number of aliphatic hydroxyl groups is 1. The first-order valence-corrected chi connectivity index (χ1v) is 8.29. The van der Waals surface area contributed by atoms with Gasteiger partial charge in [0.25, 0.3) is 0 Å². The zero-order valence-corrected chi connectivity index (χ0v) is 13.5. The molecule has 0 aromatic carbocycles. The number of amides is 1. The van der Waals surface area contributed by atoms with E-state index in [1.165, 1.54) is 0 Å². The van der Waals surface area contributed by atoms with Crippen molar-refractivity contribution in [2.24, 2.45) is 5.41 Å². The van der Waals surface area contributed by atoms with E-state index in [0.717, 1.165) is 44.7 Å². The average molecular weight is 319 g/mol. The van der Waals surface area contributed by atoms with Gasteiger partial charge in [-0.05, 0) is 25.0 Å². The number of aliphatic hydroxyl groups excluding tert-OH is 1. The van der Waals surface area contributed by atoms with Crippen LogP contribution in [0.2, 0.25) is 0 Å². The van der Waals surface area contributed by atoms with Gasteiger partial charge in [-0.15, -0.1) is 0 Å². The molecule has 1 spiro atoms. The van der Waals surface area contributed by atoms with E-state index in [9.17, 15) is 4.79 Å². The van der Waals surface area contributed by atoms with Crippen molar-refractivity contribution in [3.8, 4) is 0 Å². The number of rotatable bonds is 3. The molecule has 1 aromatic heterocycles. The highest BCUT2D eigenvalue weighted by atomic mass is 16.5. The molecule has 126 valence electrons. The first-order chi connectivity index (χ1) is 11.2. The molecule has 6 nitrogen and oxygen atoms in total. The fraction of sp³-hybridized carbons (Fsp3) is 0.647. The molecule has 1 aromatic rings. The Morgan fingerprint density at radius 2 is 2.26 bits per heavy atom. The Balaban J connectivity index is 1.69. The Morgan fingerprint density at radius 1 is 1.35 bits per heavy atom. The predicted molar refractivity (Wildman–Crippen MR) is 85.7 cm³/mol. The minimum Gasteiger partial charge on any atom is -0.387 e. The smallest absolute Gasteiger partial charge is 0.248 e. The van der Waals surface area contributed by atoms with E-state index in [2.05, 4.69) is 9.88 Å². The highest BCUT2D eigenvalue weighted by Gasteiger charge is 2.40. The molecule has 2 saturated heterocycles. The fourth-order valence-electron chi connectivity index (χ4n) is 3.70. The zero-order chi connectivity index (χ0) is 16.1. The Kier molecular flexibility index (Phi) is 5.25. The lowest BCUT2D eigenvalue weighted by atomic mass is 9.80. The van der Waals surface area contributed by atoms with E-state index in [4.69, 9.17) is 9.84 Å². The molecule has 0 radical (unpaired) electrons. The normalized spacial score (nSPS) is 26.2. The van der Waals surface area contributed by atoms with Gasteiger partial charge in [0, 0.05) is 44.3 Å². The summed E-state index contributed by atoms with van der Waals surface area (Å²) in [6, 6.07) is 5.98. The first-order valence-electron chi connectivity index (χ1n) is 8.29. The maximum absolute atomic E-state index is 11.9. The van der Waals surface area contributed by atoms with Crippen LogP contribution in [0.1, 0.15) is 18.5 Å². The quantitative estimate of drug-likeness (QED) is 0.880. The molecule has 23 heavy (non-hydrogen) atoms. The Labute approximate surface area is 137 Å². The van der Waals surface area contributed by atoms with Crippen molar-refractivity contribution < 1.29 is 14.6 Å². The van der Waals surface area contributed by atoms with E-state index < -0.39 is 6.61 Å². The summed E-state index contributed by atoms with van der Waals surface area (Å²) < 4.78 is 5.85. The average Bonchev–Trinajstić information content (AvgIpc) is 2.77. The third kappa shape index (κ3) is 4.07. The minimum absolute atomic E-state index is 0.0334. The maximum atomic E-state index is 11.9. The summed E-state index contributed by atoms with van der Waals surface area (Å²) in [5.74, 6) is -0.176. The van der Waals surface area contributed by atoms with Crippen molar-refractivity contribution in [3.05, 3.63) is 30.1 Å². The van der Waals surface area contributed by atoms with Gasteiger partial charge in [0.15, 0.2) is 0 Å². The van der Waals surface area contributed by atoms with Crippen molar-refractivity contribution in [1.82, 2.24) is 14.8 Å². The molecule has 1 N–H and O–H groups in total. The number of carbonyl (C=O) groups is 1. The lowest BCUT2D eigenvalue weighted by Crippen LogP contribution is -2.52. The third-order valence-electron chi connectivity index (χ3n) is 4.78. The van der Waals surface area contributed by atoms with Gasteiger partial charge in [0.2, 0.25) is 5.91 Å². The SMILES string of the molecule is O=C(CO)N1CCCC2(COCCN(Cc3ccccn3)C2)C1. The standard InChI is InChI=1S/C17H25N3O3/c21-11-16(22)20-7-3-5-17(13-20)12-19(8-9-23-14-17)10-15-4-1-2-6-18-15/h1-2,4,6,21H,3,5,7-14H2. The molecule has 1 unspecified atom stereocenters. The summed E-state index contributed by atoms with van der Waals surface area (Å²) >= 11 is 0. The van der Waals surface area contributed by atoms with Crippen LogP contribution in [0.4, 0.5) is 0 Å². The number of carbonyl (C=O) groups excluding carboxylic acids is 1. The van der Waals surface area contributed by atoms with E-state index >= 15 is 0 Å². The van der Waals surface area contributed by atoms with Crippen LogP contribution in [-0.2, 0) is 16.1 Å². The monoisotopic (exact) mass is 319 g/mol. The second-order valence-corrected chi connectivity index (χ2v) is 6.66. The molecule has 3 heterocycles. The van der Waals surface area contributed by atoms with Crippen molar-refractivity contribution in [2.75, 3.05) is 46.0 Å². The Morgan fingerprint density at radius 3 is 3.04 bits per heavy atom. The number of hydrogen-bond acceptors (Lipinski definition) is 5. The number of aromatic nitrogens is 1. The van der Waals surface area contributed by atoms with Crippen LogP contribution < -0.4 is 0 Å². The number of hydrogen-bond donors (Lipinski definition) is 1. The van der Waals surface area contributed by atoms with Crippen LogP contribution in [0, 0.1) is 5.41 Å². The highest BCUT2D eigenvalue weighted by molar-refractivity contribution is 5.77. The van der Waals surface area contributed by atoms with Gasteiger partial charge < -0.3 is 14.7 Å². The van der Waals surface area contributed by atoms with Gasteiger partial charge >= 0.3 is 0 Å². The van der Waals surface area contributed by atoms with E-state index in [1.807, 2.05) is 24.4 Å². The third-order valence-corrected chi connectivity index (χ3v) is 4.78. The number of ether oxygens (including phenoxy) is 1. The van der Waals surface area contributed by atoms with Crippen molar-refractivity contribution in [1.29, 1.82) is 0 Å². The van der Waals surface area contributed by atoms with Crippen molar-refractivity contribution in [3.63, 3.8) is 0 Å². The van der Waals surface area contributed by atoms with Crippen LogP contribution in [0.3, 0.4) is 0 Å². The largest absolute Gasteiger partial charge is 0.387 e. The van der Waals surface area contributed by atoms with Crippen LogP contribution in [0.15, 0.2) is 24.4 Å². The van der Waals surface area contributed by atoms with Gasteiger partial charge in [-0.1, -0.05) is 6.07 Å². The molecular weight excluding hydrogens is 294 g/mol. The van der Waals surface area contributed by atoms with Crippen molar-refractivity contribution in [2.45, 2.75) is 19.4 Å². The summed E-state index contributed by atoms with van der Waals surface area (Å²) in [5.41, 5.74) is 1.03. The molecule has 1 amide bonds. The maximum Gasteiger partial charge on any atom is 0.248 e. The summed E-state index contributed by atoms with van der Waals surface area (Å²) in [4.78, 5) is 20.4. The Bertz CT molecular complexity index is 525. The van der Waals surface area contributed by atoms with Crippen LogP contribution in [0.25, 0.3) is 0 Å². The van der Waals surface area contributed by atoms with E-state index in [0.29, 0.717) is 19.8 Å². The zero-order valence-electron chi connectivity index (χ0n) is 13.5. The summed E-state index contributed by atoms with van der Waals surface area (Å²) in [5, 5.41) is 9.14. The molecule has 6 heteroatoms. The second kappa shape index (κ2) is 7.38. The number of likely N-dealkylation sites (tertiary alicyclic amines) is 1. The van der Waals surface area contributed by atoms with Crippen LogP contribution in [-0.4, -0.2) is 71.8 Å². The second-order valence-electron chi connectivity index (χ2n) is 6.66. The van der Waals surface area contributed by atoms with Crippen LogP contribution in [0.5, 0.6) is 0 Å². The topological polar surface area (TPSA) is 65.9 Å². The van der Waals surface area contributed by atoms with Crippen LogP contribution >= 0.6 is 0 Å². The minimum atomic E-state index is -0.408. The molecule has 3 rings (SSSR count). The first kappa shape index (κ1) is 16.4. The summed E-state index contributed by atoms with van der Waals surface area (Å²) in [6.45, 7) is 4.98. The molecule has 1 atom stereocenters. The van der Waals surface area contributed by atoms with Gasteiger partial charge in [-0.3, -0.25) is 14.7 Å².